The van der Waals surface area contributed by atoms with Crippen molar-refractivity contribution in [1.82, 2.24) is 0 Å². The van der Waals surface area contributed by atoms with Crippen molar-refractivity contribution in [2.24, 2.45) is 5.73 Å². The van der Waals surface area contributed by atoms with Crippen LogP contribution in [0.1, 0.15) is 39.4 Å². The predicted octanol–water partition coefficient (Wildman–Crippen LogP) is 4.11. The highest BCUT2D eigenvalue weighted by Crippen LogP contribution is 2.27. The zero-order valence-electron chi connectivity index (χ0n) is 11.9. The molecule has 0 radical (unpaired) electrons. The topological polar surface area (TPSA) is 26.0 Å². The second-order valence-corrected chi connectivity index (χ2v) is 5.30. The van der Waals surface area contributed by atoms with Gasteiger partial charge in [0.05, 0.1) is 6.04 Å². The number of hydrogen-bond donors (Lipinski definition) is 1. The third-order valence-corrected chi connectivity index (χ3v) is 3.60. The number of rotatable bonds is 2. The molecule has 2 aromatic carbocycles. The number of hydrogen-bond acceptors (Lipinski definition) is 1. The Labute approximate surface area is 114 Å². The Hall–Kier alpha value is -1.67. The lowest BCUT2D eigenvalue weighted by molar-refractivity contribution is 0.614. The quantitative estimate of drug-likeness (QED) is 0.861. The van der Waals surface area contributed by atoms with Crippen LogP contribution in [0.5, 0.6) is 0 Å². The van der Waals surface area contributed by atoms with Gasteiger partial charge in [0.2, 0.25) is 0 Å². The van der Waals surface area contributed by atoms with Crippen LogP contribution in [0.15, 0.2) is 30.3 Å². The Bertz CT molecular complexity index is 594. The van der Waals surface area contributed by atoms with Gasteiger partial charge in [-0.2, -0.15) is 0 Å². The van der Waals surface area contributed by atoms with Crippen molar-refractivity contribution in [3.63, 3.8) is 0 Å². The first-order valence-electron chi connectivity index (χ1n) is 6.49. The van der Waals surface area contributed by atoms with Gasteiger partial charge in [0.15, 0.2) is 0 Å². The van der Waals surface area contributed by atoms with Crippen LogP contribution < -0.4 is 5.73 Å². The van der Waals surface area contributed by atoms with Gasteiger partial charge in [-0.3, -0.25) is 0 Å². The van der Waals surface area contributed by atoms with Crippen molar-refractivity contribution < 1.29 is 4.39 Å². The fraction of sp³-hybridized carbons (Fsp3) is 0.294. The van der Waals surface area contributed by atoms with Crippen molar-refractivity contribution in [1.29, 1.82) is 0 Å². The summed E-state index contributed by atoms with van der Waals surface area (Å²) < 4.78 is 13.7. The van der Waals surface area contributed by atoms with Gasteiger partial charge in [-0.25, -0.2) is 4.39 Å². The predicted molar refractivity (Wildman–Crippen MR) is 77.8 cm³/mol. The molecule has 0 fully saturated rings. The summed E-state index contributed by atoms with van der Waals surface area (Å²) in [5, 5.41) is 0. The summed E-state index contributed by atoms with van der Waals surface area (Å²) >= 11 is 0. The summed E-state index contributed by atoms with van der Waals surface area (Å²) in [6.07, 6.45) is 0. The molecule has 0 heterocycles. The third kappa shape index (κ3) is 2.69. The van der Waals surface area contributed by atoms with Crippen LogP contribution in [0.2, 0.25) is 0 Å². The average molecular weight is 257 g/mol. The van der Waals surface area contributed by atoms with Crippen molar-refractivity contribution >= 4 is 0 Å². The maximum absolute atomic E-state index is 13.7. The van der Waals surface area contributed by atoms with Gasteiger partial charge in [0.1, 0.15) is 5.82 Å². The molecule has 0 aromatic heterocycles. The van der Waals surface area contributed by atoms with Crippen LogP contribution in [-0.4, -0.2) is 0 Å². The van der Waals surface area contributed by atoms with E-state index in [4.69, 9.17) is 5.73 Å². The third-order valence-electron chi connectivity index (χ3n) is 3.60. The zero-order valence-corrected chi connectivity index (χ0v) is 11.9. The van der Waals surface area contributed by atoms with E-state index >= 15 is 0 Å². The van der Waals surface area contributed by atoms with E-state index in [-0.39, 0.29) is 11.9 Å². The van der Waals surface area contributed by atoms with Gasteiger partial charge in [0.25, 0.3) is 0 Å². The first-order valence-corrected chi connectivity index (χ1v) is 6.49. The minimum Gasteiger partial charge on any atom is -0.320 e. The number of aryl methyl sites for hydroxylation is 4. The fourth-order valence-electron chi connectivity index (χ4n) is 2.65. The van der Waals surface area contributed by atoms with E-state index in [1.165, 1.54) is 5.56 Å². The van der Waals surface area contributed by atoms with Gasteiger partial charge in [0, 0.05) is 0 Å². The summed E-state index contributed by atoms with van der Waals surface area (Å²) in [7, 11) is 0. The lowest BCUT2D eigenvalue weighted by atomic mass is 9.90. The van der Waals surface area contributed by atoms with Crippen LogP contribution in [0, 0.1) is 33.5 Å². The molecule has 19 heavy (non-hydrogen) atoms. The van der Waals surface area contributed by atoms with E-state index in [1.807, 2.05) is 6.07 Å². The largest absolute Gasteiger partial charge is 0.320 e. The summed E-state index contributed by atoms with van der Waals surface area (Å²) in [5.41, 5.74) is 12.4. The molecule has 2 heteroatoms. The maximum Gasteiger partial charge on any atom is 0.126 e. The molecule has 0 bridgehead atoms. The van der Waals surface area contributed by atoms with Gasteiger partial charge in [-0.1, -0.05) is 29.8 Å². The second kappa shape index (κ2) is 5.14. The molecule has 100 valence electrons. The molecule has 0 amide bonds. The van der Waals surface area contributed by atoms with E-state index in [0.717, 1.165) is 22.3 Å². The molecule has 0 aliphatic rings. The van der Waals surface area contributed by atoms with E-state index in [2.05, 4.69) is 32.9 Å². The Balaban J connectivity index is 2.49. The van der Waals surface area contributed by atoms with Crippen molar-refractivity contribution in [2.45, 2.75) is 33.7 Å². The highest BCUT2D eigenvalue weighted by Gasteiger charge is 2.15. The molecule has 2 aromatic rings. The normalized spacial score (nSPS) is 12.5. The van der Waals surface area contributed by atoms with Crippen LogP contribution in [0.4, 0.5) is 4.39 Å². The summed E-state index contributed by atoms with van der Waals surface area (Å²) in [5.74, 6) is -0.199. The lowest BCUT2D eigenvalue weighted by Gasteiger charge is -2.19. The van der Waals surface area contributed by atoms with E-state index in [9.17, 15) is 4.39 Å². The summed E-state index contributed by atoms with van der Waals surface area (Å²) in [6.45, 7) is 7.94. The SMILES string of the molecule is Cc1cc(C)c(C(N)c2ccc(C)c(F)c2)c(C)c1. The average Bonchev–Trinajstić information content (AvgIpc) is 2.31. The van der Waals surface area contributed by atoms with Crippen molar-refractivity contribution in [3.8, 4) is 0 Å². The van der Waals surface area contributed by atoms with Crippen molar-refractivity contribution in [2.75, 3.05) is 0 Å². The molecule has 1 atom stereocenters. The molecular formula is C17H20FN. The Morgan fingerprint density at radius 2 is 1.47 bits per heavy atom. The smallest absolute Gasteiger partial charge is 0.126 e. The Kier molecular flexibility index (Phi) is 3.72. The summed E-state index contributed by atoms with van der Waals surface area (Å²) in [4.78, 5) is 0. The van der Waals surface area contributed by atoms with Crippen molar-refractivity contribution in [3.05, 3.63) is 69.5 Å². The number of nitrogens with two attached hydrogens (primary N) is 1. The van der Waals surface area contributed by atoms with Gasteiger partial charge < -0.3 is 5.73 Å². The molecule has 2 rings (SSSR count). The molecule has 1 unspecified atom stereocenters. The van der Waals surface area contributed by atoms with Gasteiger partial charge >= 0.3 is 0 Å². The lowest BCUT2D eigenvalue weighted by Crippen LogP contribution is -2.15. The van der Waals surface area contributed by atoms with Gasteiger partial charge in [-0.05, 0) is 61.6 Å². The molecule has 0 aliphatic carbocycles. The molecule has 2 N–H and O–H groups in total. The minimum absolute atomic E-state index is 0.199. The number of halogens is 1. The van der Waals surface area contributed by atoms with E-state index in [0.29, 0.717) is 5.56 Å². The molecule has 1 nitrogen and oxygen atoms in total. The Morgan fingerprint density at radius 3 is 2.00 bits per heavy atom. The highest BCUT2D eigenvalue weighted by molar-refractivity contribution is 5.44. The van der Waals surface area contributed by atoms with Crippen LogP contribution in [0.3, 0.4) is 0 Å². The highest BCUT2D eigenvalue weighted by atomic mass is 19.1. The molecule has 0 spiro atoms. The monoisotopic (exact) mass is 257 g/mol. The van der Waals surface area contributed by atoms with Crippen LogP contribution in [0.25, 0.3) is 0 Å². The fourth-order valence-corrected chi connectivity index (χ4v) is 2.65. The number of benzene rings is 2. The van der Waals surface area contributed by atoms with E-state index in [1.54, 1.807) is 19.1 Å². The Morgan fingerprint density at radius 1 is 0.895 bits per heavy atom. The second-order valence-electron chi connectivity index (χ2n) is 5.30. The van der Waals surface area contributed by atoms with Crippen LogP contribution in [-0.2, 0) is 0 Å². The van der Waals surface area contributed by atoms with E-state index < -0.39 is 0 Å². The standard InChI is InChI=1S/C17H20FN/c1-10-7-12(3)16(13(4)8-10)17(19)14-6-5-11(2)15(18)9-14/h5-9,17H,19H2,1-4H3. The molecule has 0 saturated heterocycles. The molecule has 0 aliphatic heterocycles. The maximum atomic E-state index is 13.7. The van der Waals surface area contributed by atoms with Crippen LogP contribution >= 0.6 is 0 Å². The first kappa shape index (κ1) is 13.8. The molecule has 0 saturated carbocycles. The first-order chi connectivity index (χ1) is 8.90. The van der Waals surface area contributed by atoms with Gasteiger partial charge in [-0.15, -0.1) is 0 Å². The summed E-state index contributed by atoms with van der Waals surface area (Å²) in [6, 6.07) is 9.18. The minimum atomic E-state index is -0.282. The molecular weight excluding hydrogens is 237 g/mol. The zero-order chi connectivity index (χ0) is 14.2.